The Balaban J connectivity index is 1.82. The average Bonchev–Trinajstić information content (AvgIpc) is 3.03. The lowest BCUT2D eigenvalue weighted by Crippen LogP contribution is -2.68. The van der Waals surface area contributed by atoms with Crippen molar-refractivity contribution in [2.24, 2.45) is 28.6 Å². The molecule has 0 N–H and O–H groups in total. The number of rotatable bonds is 2. The van der Waals surface area contributed by atoms with Gasteiger partial charge in [-0.15, -0.1) is 0 Å². The van der Waals surface area contributed by atoms with E-state index < -0.39 is 16.9 Å². The Morgan fingerprint density at radius 2 is 1.64 bits per heavy atom. The summed E-state index contributed by atoms with van der Waals surface area (Å²) in [6.07, 6.45) is 0.842. The van der Waals surface area contributed by atoms with Crippen LogP contribution >= 0.6 is 0 Å². The zero-order valence-corrected chi connectivity index (χ0v) is 12.8. The van der Waals surface area contributed by atoms with Crippen molar-refractivity contribution in [2.45, 2.75) is 18.9 Å². The molecule has 6 bridgehead atoms. The largest absolute Gasteiger partial charge is 0.469 e. The number of amides is 1. The van der Waals surface area contributed by atoms with E-state index in [2.05, 4.69) is 0 Å². The normalized spacial score (nSPS) is 46.2. The number of ether oxygens (including phenoxy) is 3. The minimum atomic E-state index is -0.761. The van der Waals surface area contributed by atoms with E-state index in [0.717, 1.165) is 6.42 Å². The van der Waals surface area contributed by atoms with Gasteiger partial charge < -0.3 is 19.1 Å². The number of fused-ring (bicyclic) bond motifs is 1. The molecule has 2 heterocycles. The standard InChI is InChI=1S/C15H19NO6/c1-20-11(17)14-6-15(12(18)21-2)9(14)7-4-8(14)10(15)16(5-7)13(19)22-3/h7-10H,4-6H2,1-3H3. The molecule has 6 atom stereocenters. The molecule has 1 amide bonds. The molecule has 0 spiro atoms. The molecule has 0 radical (unpaired) electrons. The van der Waals surface area contributed by atoms with Crippen LogP contribution in [0.25, 0.3) is 0 Å². The number of hydrogen-bond donors (Lipinski definition) is 0. The van der Waals surface area contributed by atoms with E-state index in [4.69, 9.17) is 14.2 Å². The molecule has 2 aliphatic heterocycles. The first kappa shape index (κ1) is 13.8. The van der Waals surface area contributed by atoms with Crippen molar-refractivity contribution in [1.82, 2.24) is 4.90 Å². The van der Waals surface area contributed by atoms with Crippen LogP contribution in [0, 0.1) is 28.6 Å². The van der Waals surface area contributed by atoms with Crippen LogP contribution in [0.1, 0.15) is 12.8 Å². The average molecular weight is 309 g/mol. The highest BCUT2D eigenvalue weighted by Gasteiger charge is 2.91. The summed E-state index contributed by atoms with van der Waals surface area (Å²) in [5.41, 5.74) is -1.38. The van der Waals surface area contributed by atoms with Crippen LogP contribution in [0.15, 0.2) is 0 Å². The Labute approximate surface area is 127 Å². The van der Waals surface area contributed by atoms with Crippen molar-refractivity contribution in [3.05, 3.63) is 0 Å². The Hall–Kier alpha value is -1.79. The van der Waals surface area contributed by atoms with Gasteiger partial charge in [0.25, 0.3) is 0 Å². The van der Waals surface area contributed by atoms with Gasteiger partial charge in [-0.3, -0.25) is 9.59 Å². The topological polar surface area (TPSA) is 82.1 Å². The Morgan fingerprint density at radius 3 is 2.23 bits per heavy atom. The van der Waals surface area contributed by atoms with Gasteiger partial charge in [0.2, 0.25) is 0 Å². The molecule has 7 heteroatoms. The number of piperidine rings is 2. The zero-order valence-electron chi connectivity index (χ0n) is 12.8. The van der Waals surface area contributed by atoms with Gasteiger partial charge in [-0.2, -0.15) is 0 Å². The zero-order chi connectivity index (χ0) is 15.9. The van der Waals surface area contributed by atoms with Gasteiger partial charge in [0.1, 0.15) is 0 Å². The van der Waals surface area contributed by atoms with Crippen molar-refractivity contribution in [3.63, 3.8) is 0 Å². The second-order valence-electron chi connectivity index (χ2n) is 6.89. The van der Waals surface area contributed by atoms with Gasteiger partial charge in [-0.05, 0) is 30.6 Å². The predicted octanol–water partition coefficient (Wildman–Crippen LogP) is 0.425. The third kappa shape index (κ3) is 1.09. The first-order valence-corrected chi connectivity index (χ1v) is 7.50. The summed E-state index contributed by atoms with van der Waals surface area (Å²) in [7, 11) is 4.07. The molecule has 3 saturated carbocycles. The lowest BCUT2D eigenvalue weighted by Gasteiger charge is -2.58. The van der Waals surface area contributed by atoms with Crippen molar-refractivity contribution >= 4 is 18.0 Å². The van der Waals surface area contributed by atoms with Gasteiger partial charge >= 0.3 is 18.0 Å². The van der Waals surface area contributed by atoms with E-state index in [0.29, 0.717) is 13.0 Å². The molecule has 5 fully saturated rings. The maximum absolute atomic E-state index is 12.5. The highest BCUT2D eigenvalue weighted by atomic mass is 16.5. The van der Waals surface area contributed by atoms with Crippen molar-refractivity contribution in [1.29, 1.82) is 0 Å². The summed E-state index contributed by atoms with van der Waals surface area (Å²) in [6, 6.07) is -0.318. The smallest absolute Gasteiger partial charge is 0.409 e. The SMILES string of the molecule is COC(=O)N1CC2CC3C1C1(C(=O)OC)CC3(C(=O)OC)C21. The molecule has 22 heavy (non-hydrogen) atoms. The second kappa shape index (κ2) is 3.94. The summed E-state index contributed by atoms with van der Waals surface area (Å²) in [5, 5.41) is 0. The third-order valence-corrected chi connectivity index (χ3v) is 6.60. The summed E-state index contributed by atoms with van der Waals surface area (Å²) in [6.45, 7) is 0.538. The first-order valence-electron chi connectivity index (χ1n) is 7.50. The van der Waals surface area contributed by atoms with Gasteiger partial charge in [0.15, 0.2) is 0 Å². The van der Waals surface area contributed by atoms with E-state index in [1.165, 1.54) is 21.3 Å². The molecule has 2 saturated heterocycles. The van der Waals surface area contributed by atoms with Crippen LogP contribution in [-0.4, -0.2) is 56.8 Å². The minimum absolute atomic E-state index is 0.0399. The van der Waals surface area contributed by atoms with E-state index in [-0.39, 0.29) is 35.7 Å². The predicted molar refractivity (Wildman–Crippen MR) is 71.5 cm³/mol. The molecule has 7 nitrogen and oxygen atoms in total. The fraction of sp³-hybridized carbons (Fsp3) is 0.800. The molecule has 120 valence electrons. The number of nitrogens with zero attached hydrogens (tertiary/aromatic N) is 1. The van der Waals surface area contributed by atoms with Crippen LogP contribution in [0.4, 0.5) is 4.79 Å². The molecular formula is C15H19NO6. The Morgan fingerprint density at radius 1 is 1.00 bits per heavy atom. The van der Waals surface area contributed by atoms with Crippen LogP contribution in [0.2, 0.25) is 0 Å². The molecule has 0 aromatic heterocycles. The summed E-state index contributed by atoms with van der Waals surface area (Å²) >= 11 is 0. The molecule has 6 unspecified atom stereocenters. The van der Waals surface area contributed by atoms with Crippen molar-refractivity contribution < 1.29 is 28.6 Å². The van der Waals surface area contributed by atoms with Gasteiger partial charge in [-0.1, -0.05) is 0 Å². The monoisotopic (exact) mass is 309 g/mol. The van der Waals surface area contributed by atoms with E-state index in [1.807, 2.05) is 0 Å². The molecule has 0 aromatic carbocycles. The van der Waals surface area contributed by atoms with Crippen LogP contribution < -0.4 is 0 Å². The summed E-state index contributed by atoms with van der Waals surface area (Å²) in [5.74, 6) is -0.555. The van der Waals surface area contributed by atoms with E-state index in [9.17, 15) is 14.4 Å². The molecule has 0 aromatic rings. The van der Waals surface area contributed by atoms with E-state index in [1.54, 1.807) is 4.90 Å². The van der Waals surface area contributed by atoms with Crippen molar-refractivity contribution in [2.75, 3.05) is 27.9 Å². The fourth-order valence-electron chi connectivity index (χ4n) is 6.36. The second-order valence-corrected chi connectivity index (χ2v) is 6.89. The highest BCUT2D eigenvalue weighted by Crippen LogP contribution is 2.84. The van der Waals surface area contributed by atoms with E-state index >= 15 is 0 Å². The van der Waals surface area contributed by atoms with Crippen LogP contribution in [0.3, 0.4) is 0 Å². The maximum Gasteiger partial charge on any atom is 0.409 e. The Kier molecular flexibility index (Phi) is 2.48. The van der Waals surface area contributed by atoms with Gasteiger partial charge in [0, 0.05) is 6.54 Å². The maximum atomic E-state index is 12.5. The van der Waals surface area contributed by atoms with Gasteiger partial charge in [-0.25, -0.2) is 4.79 Å². The first-order chi connectivity index (χ1) is 10.5. The van der Waals surface area contributed by atoms with Crippen LogP contribution in [-0.2, 0) is 23.8 Å². The number of carbonyl (C=O) groups excluding carboxylic acids is 3. The lowest BCUT2D eigenvalue weighted by molar-refractivity contribution is -0.198. The van der Waals surface area contributed by atoms with Gasteiger partial charge in [0.05, 0.1) is 38.2 Å². The molecule has 3 aliphatic carbocycles. The minimum Gasteiger partial charge on any atom is -0.469 e. The fourth-order valence-corrected chi connectivity index (χ4v) is 6.36. The molecular weight excluding hydrogens is 290 g/mol. The Bertz CT molecular complexity index is 591. The summed E-state index contributed by atoms with van der Waals surface area (Å²) < 4.78 is 14.9. The highest BCUT2D eigenvalue weighted by molar-refractivity contribution is 5.92. The third-order valence-electron chi connectivity index (χ3n) is 6.60. The summed E-state index contributed by atoms with van der Waals surface area (Å²) in [4.78, 5) is 38.7. The number of esters is 2. The number of methoxy groups -OCH3 is 3. The molecule has 5 aliphatic rings. The van der Waals surface area contributed by atoms with Crippen molar-refractivity contribution in [3.8, 4) is 0 Å². The number of carbonyl (C=O) groups is 3. The number of hydrogen-bond acceptors (Lipinski definition) is 6. The van der Waals surface area contributed by atoms with Crippen LogP contribution in [0.5, 0.6) is 0 Å². The lowest BCUT2D eigenvalue weighted by atomic mass is 9.48. The quantitative estimate of drug-likeness (QED) is 0.543. The molecule has 5 rings (SSSR count).